The maximum absolute atomic E-state index is 3.95. The van der Waals surface area contributed by atoms with E-state index in [4.69, 9.17) is 0 Å². The summed E-state index contributed by atoms with van der Waals surface area (Å²) >= 11 is 0. The molecule has 0 saturated carbocycles. The third-order valence-corrected chi connectivity index (χ3v) is 3.95. The average Bonchev–Trinajstić information content (AvgIpc) is 3.04. The SMILES string of the molecule is c1ccc2c(c1)Cc1c(CCc3nnn[nH]3)cccc1N2. The monoisotopic (exact) mass is 277 g/mol. The highest BCUT2D eigenvalue weighted by Gasteiger charge is 2.17. The highest BCUT2D eigenvalue weighted by Crippen LogP contribution is 2.34. The Kier molecular flexibility index (Phi) is 2.88. The van der Waals surface area contributed by atoms with E-state index in [0.717, 1.165) is 25.1 Å². The lowest BCUT2D eigenvalue weighted by Crippen LogP contribution is -2.09. The molecule has 0 amide bonds. The maximum atomic E-state index is 3.95. The molecular weight excluding hydrogens is 262 g/mol. The summed E-state index contributed by atoms with van der Waals surface area (Å²) in [7, 11) is 0. The molecule has 2 aromatic carbocycles. The summed E-state index contributed by atoms with van der Waals surface area (Å²) in [5.41, 5.74) is 6.50. The first-order valence-electron chi connectivity index (χ1n) is 7.08. The number of hydrogen-bond donors (Lipinski definition) is 2. The van der Waals surface area contributed by atoms with Crippen LogP contribution in [-0.4, -0.2) is 20.6 Å². The van der Waals surface area contributed by atoms with Crippen molar-refractivity contribution in [3.8, 4) is 0 Å². The van der Waals surface area contributed by atoms with Crippen molar-refractivity contribution in [2.75, 3.05) is 5.32 Å². The molecule has 0 fully saturated rings. The van der Waals surface area contributed by atoms with Gasteiger partial charge in [-0.25, -0.2) is 5.10 Å². The van der Waals surface area contributed by atoms with Crippen LogP contribution in [0.15, 0.2) is 42.5 Å². The predicted octanol–water partition coefficient (Wildman–Crippen LogP) is 2.63. The van der Waals surface area contributed by atoms with Crippen molar-refractivity contribution in [2.24, 2.45) is 0 Å². The quantitative estimate of drug-likeness (QED) is 0.604. The molecular formula is C16H15N5. The first-order valence-corrected chi connectivity index (χ1v) is 7.08. The number of benzene rings is 2. The molecule has 3 aromatic rings. The molecule has 0 saturated heterocycles. The van der Waals surface area contributed by atoms with Gasteiger partial charge in [-0.05, 0) is 45.7 Å². The summed E-state index contributed by atoms with van der Waals surface area (Å²) in [4.78, 5) is 0. The van der Waals surface area contributed by atoms with Gasteiger partial charge in [-0.2, -0.15) is 0 Å². The Morgan fingerprint density at radius 3 is 2.76 bits per heavy atom. The van der Waals surface area contributed by atoms with Gasteiger partial charge < -0.3 is 5.32 Å². The van der Waals surface area contributed by atoms with E-state index in [1.807, 2.05) is 0 Å². The fourth-order valence-electron chi connectivity index (χ4n) is 2.86. The minimum absolute atomic E-state index is 0.825. The molecule has 5 nitrogen and oxygen atoms in total. The van der Waals surface area contributed by atoms with E-state index in [1.54, 1.807) is 0 Å². The number of anilines is 2. The highest BCUT2D eigenvalue weighted by molar-refractivity contribution is 5.72. The first kappa shape index (κ1) is 12.1. The molecule has 0 spiro atoms. The van der Waals surface area contributed by atoms with E-state index in [-0.39, 0.29) is 0 Å². The lowest BCUT2D eigenvalue weighted by molar-refractivity contribution is 0.854. The number of aryl methyl sites for hydroxylation is 2. The van der Waals surface area contributed by atoms with Crippen LogP contribution < -0.4 is 5.32 Å². The minimum atomic E-state index is 0.825. The molecule has 1 aliphatic heterocycles. The Hall–Kier alpha value is -2.69. The number of nitrogens with zero attached hydrogens (tertiary/aromatic N) is 3. The fourth-order valence-corrected chi connectivity index (χ4v) is 2.86. The minimum Gasteiger partial charge on any atom is -0.355 e. The molecule has 2 heterocycles. The third kappa shape index (κ3) is 2.27. The zero-order chi connectivity index (χ0) is 14.1. The van der Waals surface area contributed by atoms with Crippen molar-refractivity contribution < 1.29 is 0 Å². The van der Waals surface area contributed by atoms with Crippen molar-refractivity contribution >= 4 is 11.4 Å². The molecule has 4 rings (SSSR count). The van der Waals surface area contributed by atoms with Crippen LogP contribution in [0.25, 0.3) is 0 Å². The van der Waals surface area contributed by atoms with Gasteiger partial charge in [0.05, 0.1) is 0 Å². The summed E-state index contributed by atoms with van der Waals surface area (Å²) in [5.74, 6) is 0.830. The Morgan fingerprint density at radius 2 is 1.86 bits per heavy atom. The van der Waals surface area contributed by atoms with Crippen molar-refractivity contribution in [1.82, 2.24) is 20.6 Å². The second kappa shape index (κ2) is 5.01. The van der Waals surface area contributed by atoms with E-state index in [0.29, 0.717) is 0 Å². The van der Waals surface area contributed by atoms with Crippen LogP contribution in [0.4, 0.5) is 11.4 Å². The molecule has 0 aliphatic carbocycles. The summed E-state index contributed by atoms with van der Waals surface area (Å²) in [6.07, 6.45) is 2.73. The summed E-state index contributed by atoms with van der Waals surface area (Å²) in [6.45, 7) is 0. The number of nitrogens with one attached hydrogen (secondary N) is 2. The van der Waals surface area contributed by atoms with E-state index in [2.05, 4.69) is 68.4 Å². The van der Waals surface area contributed by atoms with Crippen LogP contribution in [0.3, 0.4) is 0 Å². The van der Waals surface area contributed by atoms with Crippen molar-refractivity contribution in [2.45, 2.75) is 19.3 Å². The largest absolute Gasteiger partial charge is 0.355 e. The van der Waals surface area contributed by atoms with E-state index in [9.17, 15) is 0 Å². The van der Waals surface area contributed by atoms with Crippen molar-refractivity contribution in [1.29, 1.82) is 0 Å². The van der Waals surface area contributed by atoms with Crippen molar-refractivity contribution in [3.05, 3.63) is 65.0 Å². The van der Waals surface area contributed by atoms with Crippen molar-refractivity contribution in [3.63, 3.8) is 0 Å². The number of tetrazole rings is 1. The molecule has 1 aliphatic rings. The molecule has 21 heavy (non-hydrogen) atoms. The zero-order valence-electron chi connectivity index (χ0n) is 11.5. The number of hydrogen-bond acceptors (Lipinski definition) is 4. The predicted molar refractivity (Wildman–Crippen MR) is 80.6 cm³/mol. The lowest BCUT2D eigenvalue weighted by atomic mass is 9.91. The van der Waals surface area contributed by atoms with Crippen LogP contribution in [0.1, 0.15) is 22.5 Å². The number of aromatic nitrogens is 4. The highest BCUT2D eigenvalue weighted by atomic mass is 15.5. The van der Waals surface area contributed by atoms with Gasteiger partial charge in [0.25, 0.3) is 0 Å². The van der Waals surface area contributed by atoms with Gasteiger partial charge in [0.1, 0.15) is 5.82 Å². The van der Waals surface area contributed by atoms with Gasteiger partial charge in [0.15, 0.2) is 0 Å². The van der Waals surface area contributed by atoms with Gasteiger partial charge >= 0.3 is 0 Å². The molecule has 1 aromatic heterocycles. The van der Waals surface area contributed by atoms with E-state index < -0.39 is 0 Å². The summed E-state index contributed by atoms with van der Waals surface area (Å²) in [6, 6.07) is 14.9. The Morgan fingerprint density at radius 1 is 0.952 bits per heavy atom. The normalized spacial score (nSPS) is 12.4. The Balaban J connectivity index is 1.63. The first-order chi connectivity index (χ1) is 10.4. The standard InChI is InChI=1S/C16H15N5/c1-2-6-14-12(4-1)10-13-11(5-3-7-15(13)17-14)8-9-16-18-20-21-19-16/h1-7,17H,8-10H2,(H,18,19,20,21). The fraction of sp³-hybridized carbons (Fsp3) is 0.188. The van der Waals surface area contributed by atoms with Crippen LogP contribution in [-0.2, 0) is 19.3 Å². The van der Waals surface area contributed by atoms with Crippen LogP contribution in [0, 0.1) is 0 Å². The van der Waals surface area contributed by atoms with Crippen LogP contribution >= 0.6 is 0 Å². The molecule has 0 bridgehead atoms. The average molecular weight is 277 g/mol. The van der Waals surface area contributed by atoms with Gasteiger partial charge in [-0.1, -0.05) is 30.3 Å². The Labute approximate surface area is 122 Å². The summed E-state index contributed by atoms with van der Waals surface area (Å²) < 4.78 is 0. The zero-order valence-corrected chi connectivity index (χ0v) is 11.5. The molecule has 0 atom stereocenters. The smallest absolute Gasteiger partial charge is 0.148 e. The molecule has 0 unspecified atom stereocenters. The lowest BCUT2D eigenvalue weighted by Gasteiger charge is -2.23. The second-order valence-corrected chi connectivity index (χ2v) is 5.25. The maximum Gasteiger partial charge on any atom is 0.148 e. The van der Waals surface area contributed by atoms with Gasteiger partial charge in [0, 0.05) is 24.2 Å². The number of H-pyrrole nitrogens is 1. The third-order valence-electron chi connectivity index (χ3n) is 3.95. The van der Waals surface area contributed by atoms with Gasteiger partial charge in [-0.3, -0.25) is 0 Å². The number of fused-ring (bicyclic) bond motifs is 2. The number of para-hydroxylation sites is 1. The molecule has 2 N–H and O–H groups in total. The number of rotatable bonds is 3. The molecule has 0 radical (unpaired) electrons. The van der Waals surface area contributed by atoms with Crippen LogP contribution in [0.5, 0.6) is 0 Å². The molecule has 104 valence electrons. The summed E-state index contributed by atoms with van der Waals surface area (Å²) in [5, 5.41) is 17.5. The van der Waals surface area contributed by atoms with Crippen LogP contribution in [0.2, 0.25) is 0 Å². The Bertz CT molecular complexity index is 764. The van der Waals surface area contributed by atoms with Gasteiger partial charge in [-0.15, -0.1) is 5.10 Å². The number of aromatic amines is 1. The molecule has 5 heteroatoms. The van der Waals surface area contributed by atoms with E-state index in [1.165, 1.54) is 28.1 Å². The van der Waals surface area contributed by atoms with E-state index >= 15 is 0 Å². The second-order valence-electron chi connectivity index (χ2n) is 5.25. The van der Waals surface area contributed by atoms with Gasteiger partial charge in [0.2, 0.25) is 0 Å². The topological polar surface area (TPSA) is 66.5 Å².